The Morgan fingerprint density at radius 2 is 0.380 bits per heavy atom. The lowest BCUT2D eigenvalue weighted by Gasteiger charge is -2.46. The summed E-state index contributed by atoms with van der Waals surface area (Å²) in [6.45, 7) is 0. The maximum atomic E-state index is 13.7. The molecule has 0 nitrogen and oxygen atoms in total. The molecule has 50 heavy (non-hydrogen) atoms. The molecule has 0 aromatic rings. The fourth-order valence-electron chi connectivity index (χ4n) is 2.76. The van der Waals surface area contributed by atoms with Gasteiger partial charge in [0, 0.05) is 0 Å². The summed E-state index contributed by atoms with van der Waals surface area (Å²) in [4.78, 5) is 0. The minimum absolute atomic E-state index is 2.61. The van der Waals surface area contributed by atoms with E-state index in [0.717, 1.165) is 0 Å². The van der Waals surface area contributed by atoms with Crippen LogP contribution in [0.25, 0.3) is 0 Å². The summed E-state index contributed by atoms with van der Waals surface area (Å²) in [5, 5.41) is 0. The van der Waals surface area contributed by atoms with Crippen molar-refractivity contribution in [1.29, 1.82) is 0 Å². The number of allylic oxidation sites excluding steroid dienone is 1. The zero-order chi connectivity index (χ0) is 41.8. The van der Waals surface area contributed by atoms with Gasteiger partial charge in [-0.2, -0.15) is 136 Å². The summed E-state index contributed by atoms with van der Waals surface area (Å²) in [5.74, 6) is -139. The van der Waals surface area contributed by atoms with Gasteiger partial charge in [0.25, 0.3) is 0 Å². The fourth-order valence-corrected chi connectivity index (χ4v) is 2.76. The maximum Gasteiger partial charge on any atom is 0.460 e. The van der Waals surface area contributed by atoms with Gasteiger partial charge in [-0.3, -0.25) is 0 Å². The van der Waals surface area contributed by atoms with Crippen LogP contribution in [0.1, 0.15) is 0 Å². The number of halogens is 33. The van der Waals surface area contributed by atoms with E-state index in [1.807, 2.05) is 0 Å². The van der Waals surface area contributed by atoms with Crippen molar-refractivity contribution >= 4 is 0 Å². The highest BCUT2D eigenvalue weighted by Gasteiger charge is 3.01. The van der Waals surface area contributed by atoms with Gasteiger partial charge in [0.05, 0.1) is 0 Å². The van der Waals surface area contributed by atoms with Gasteiger partial charge in [-0.25, -0.2) is 8.78 Å². The topological polar surface area (TPSA) is 0 Å². The minimum atomic E-state index is -10.2. The standard InChI is InChI=1S/C17HF33/c18-1-2(19)3(20,21)4(22,23)5(24,25)6(26,27)7(28,29)8(30,31)9(32,33)10(34,35)11(36,37)12(38,39)13(40,41)14(42,43)15(44,45)16(46,47)17(48,49)50/h1H. The van der Waals surface area contributed by atoms with Crippen LogP contribution in [-0.4, -0.2) is 89.1 Å². The second-order valence-corrected chi connectivity index (χ2v) is 9.00. The molecule has 0 heterocycles. The molecule has 0 spiro atoms. The maximum absolute atomic E-state index is 13.7. The first-order valence-corrected chi connectivity index (χ1v) is 10.3. The van der Waals surface area contributed by atoms with Gasteiger partial charge >= 0.3 is 89.1 Å². The third kappa shape index (κ3) is 5.19. The van der Waals surface area contributed by atoms with Crippen LogP contribution in [0.2, 0.25) is 0 Å². The Hall–Kier alpha value is -2.57. The van der Waals surface area contributed by atoms with Gasteiger partial charge in [0.2, 0.25) is 5.83 Å². The molecular weight excluding hydrogens is 831 g/mol. The van der Waals surface area contributed by atoms with Gasteiger partial charge in [-0.1, -0.05) is 0 Å². The highest BCUT2D eigenvalue weighted by molar-refractivity contribution is 5.23. The molecule has 0 N–H and O–H groups in total. The van der Waals surface area contributed by atoms with Crippen molar-refractivity contribution in [2.75, 3.05) is 0 Å². The molecule has 0 aliphatic rings. The molecule has 0 aliphatic heterocycles. The lowest BCUT2D eigenvalue weighted by molar-refractivity contribution is -0.489. The third-order valence-corrected chi connectivity index (χ3v) is 5.88. The van der Waals surface area contributed by atoms with Crippen molar-refractivity contribution in [3.63, 3.8) is 0 Å². The van der Waals surface area contributed by atoms with Crippen LogP contribution in [0.4, 0.5) is 145 Å². The number of rotatable bonds is 14. The molecule has 0 unspecified atom stereocenters. The second-order valence-electron chi connectivity index (χ2n) is 9.00. The Bertz CT molecular complexity index is 1270. The van der Waals surface area contributed by atoms with Crippen LogP contribution in [0.5, 0.6) is 0 Å². The molecule has 0 radical (unpaired) electrons. The first kappa shape index (κ1) is 47.4. The van der Waals surface area contributed by atoms with E-state index in [0.29, 0.717) is 0 Å². The van der Waals surface area contributed by atoms with Gasteiger partial charge < -0.3 is 0 Å². The zero-order valence-corrected chi connectivity index (χ0v) is 21.1. The smallest absolute Gasteiger partial charge is 0.212 e. The van der Waals surface area contributed by atoms with Crippen LogP contribution in [0.15, 0.2) is 12.2 Å². The number of hydrogen-bond acceptors (Lipinski definition) is 0. The predicted molar refractivity (Wildman–Crippen MR) is 85.6 cm³/mol. The van der Waals surface area contributed by atoms with E-state index in [1.165, 1.54) is 0 Å². The SMILES string of the molecule is FC=C(F)C(F)(F)C(F)(F)C(F)(F)C(F)(F)C(F)(F)C(F)(F)C(F)(F)C(F)(F)C(F)(F)C(F)(F)C(F)(F)C(F)(F)C(F)(F)C(F)(F)C(F)(F)F. The van der Waals surface area contributed by atoms with Crippen molar-refractivity contribution in [2.24, 2.45) is 0 Å². The molecule has 0 saturated heterocycles. The Morgan fingerprint density at radius 1 is 0.240 bits per heavy atom. The molecule has 0 saturated carbocycles. The van der Waals surface area contributed by atoms with E-state index in [1.54, 1.807) is 0 Å². The molecule has 0 amide bonds. The van der Waals surface area contributed by atoms with Crippen LogP contribution in [0.3, 0.4) is 0 Å². The molecule has 0 fully saturated rings. The first-order valence-electron chi connectivity index (χ1n) is 10.3. The average molecular weight is 832 g/mol. The number of hydrogen-bond donors (Lipinski definition) is 0. The third-order valence-electron chi connectivity index (χ3n) is 5.88. The van der Waals surface area contributed by atoms with Gasteiger partial charge in [0.15, 0.2) is 0 Å². The fraction of sp³-hybridized carbons (Fsp3) is 0.882. The normalized spacial score (nSPS) is 17.4. The quantitative estimate of drug-likeness (QED) is 0.153. The molecule has 0 aliphatic carbocycles. The number of alkyl halides is 31. The van der Waals surface area contributed by atoms with Crippen molar-refractivity contribution in [3.05, 3.63) is 12.2 Å². The molecule has 300 valence electrons. The molecule has 0 aromatic heterocycles. The monoisotopic (exact) mass is 832 g/mol. The first-order chi connectivity index (χ1) is 21.0. The average Bonchev–Trinajstić information content (AvgIpc) is 2.90. The van der Waals surface area contributed by atoms with E-state index in [4.69, 9.17) is 0 Å². The lowest BCUT2D eigenvalue weighted by Crippen LogP contribution is -2.79. The molecule has 0 bridgehead atoms. The molecular formula is C17HF33. The van der Waals surface area contributed by atoms with Crippen molar-refractivity contribution in [1.82, 2.24) is 0 Å². The molecule has 0 atom stereocenters. The molecule has 0 rings (SSSR count). The molecule has 0 aromatic carbocycles. The minimum Gasteiger partial charge on any atom is -0.212 e. The predicted octanol–water partition coefficient (Wildman–Crippen LogP) is 11.2. The second kappa shape index (κ2) is 11.5. The van der Waals surface area contributed by atoms with E-state index >= 15 is 0 Å². The Labute approximate surface area is 247 Å². The summed E-state index contributed by atoms with van der Waals surface area (Å²) < 4.78 is 437. The van der Waals surface area contributed by atoms with E-state index in [9.17, 15) is 145 Å². The van der Waals surface area contributed by atoms with Crippen molar-refractivity contribution in [3.8, 4) is 0 Å². The zero-order valence-electron chi connectivity index (χ0n) is 21.1. The Morgan fingerprint density at radius 3 is 0.520 bits per heavy atom. The van der Waals surface area contributed by atoms with Crippen LogP contribution in [0, 0.1) is 0 Å². The molecule has 33 heteroatoms. The summed E-state index contributed by atoms with van der Waals surface area (Å²) >= 11 is 0. The van der Waals surface area contributed by atoms with Crippen LogP contribution >= 0.6 is 0 Å². The van der Waals surface area contributed by atoms with Crippen molar-refractivity contribution in [2.45, 2.75) is 89.1 Å². The summed E-state index contributed by atoms with van der Waals surface area (Å²) in [7, 11) is 0. The largest absolute Gasteiger partial charge is 0.460 e. The van der Waals surface area contributed by atoms with E-state index in [2.05, 4.69) is 0 Å². The van der Waals surface area contributed by atoms with Crippen molar-refractivity contribution < 1.29 is 145 Å². The Balaban J connectivity index is 7.70. The summed E-state index contributed by atoms with van der Waals surface area (Å²) in [6.07, 6.45) is -11.0. The highest BCUT2D eigenvalue weighted by atomic mass is 19.4. The van der Waals surface area contributed by atoms with Gasteiger partial charge in [-0.15, -0.1) is 0 Å². The lowest BCUT2D eigenvalue weighted by atomic mass is 9.83. The van der Waals surface area contributed by atoms with E-state index in [-0.39, 0.29) is 0 Å². The highest BCUT2D eigenvalue weighted by Crippen LogP contribution is 2.69. The Kier molecular flexibility index (Phi) is 10.9. The van der Waals surface area contributed by atoms with Gasteiger partial charge in [0.1, 0.15) is 6.33 Å². The summed E-state index contributed by atoms with van der Waals surface area (Å²) in [6, 6.07) is 0. The van der Waals surface area contributed by atoms with Crippen LogP contribution < -0.4 is 0 Å². The van der Waals surface area contributed by atoms with E-state index < -0.39 is 101 Å². The summed E-state index contributed by atoms with van der Waals surface area (Å²) in [5.41, 5.74) is 0. The van der Waals surface area contributed by atoms with Crippen LogP contribution in [-0.2, 0) is 0 Å². The van der Waals surface area contributed by atoms with Gasteiger partial charge in [-0.05, 0) is 0 Å².